The summed E-state index contributed by atoms with van der Waals surface area (Å²) in [6.45, 7) is 8.61. The highest BCUT2D eigenvalue weighted by Gasteiger charge is 2.55. The molecule has 15 heavy (non-hydrogen) atoms. The van der Waals surface area contributed by atoms with E-state index in [1.807, 2.05) is 0 Å². The summed E-state index contributed by atoms with van der Waals surface area (Å²) in [7, 11) is 0. The predicted molar refractivity (Wildman–Crippen MR) is 62.9 cm³/mol. The van der Waals surface area contributed by atoms with Gasteiger partial charge in [0.2, 0.25) is 0 Å². The van der Waals surface area contributed by atoms with Crippen molar-refractivity contribution in [3.05, 3.63) is 0 Å². The minimum absolute atomic E-state index is 0.694. The summed E-state index contributed by atoms with van der Waals surface area (Å²) in [5, 5.41) is 3.84. The quantitative estimate of drug-likeness (QED) is 0.758. The molecular formula is C13H24N2. The van der Waals surface area contributed by atoms with Crippen molar-refractivity contribution in [3.63, 3.8) is 0 Å². The first kappa shape index (κ1) is 10.1. The van der Waals surface area contributed by atoms with Crippen LogP contribution in [0.1, 0.15) is 39.5 Å². The fourth-order valence-corrected chi connectivity index (χ4v) is 2.98. The van der Waals surface area contributed by atoms with E-state index in [1.54, 1.807) is 0 Å². The van der Waals surface area contributed by atoms with Crippen LogP contribution in [0.15, 0.2) is 0 Å². The van der Waals surface area contributed by atoms with Crippen LogP contribution in [0.25, 0.3) is 0 Å². The first-order chi connectivity index (χ1) is 7.20. The number of rotatable bonds is 4. The van der Waals surface area contributed by atoms with Crippen molar-refractivity contribution in [2.24, 2.45) is 11.3 Å². The predicted octanol–water partition coefficient (Wildman–Crippen LogP) is 1.86. The van der Waals surface area contributed by atoms with Gasteiger partial charge in [-0.25, -0.2) is 0 Å². The minimum atomic E-state index is 0.694. The van der Waals surface area contributed by atoms with E-state index in [-0.39, 0.29) is 0 Å². The normalized spacial score (nSPS) is 34.2. The zero-order chi connectivity index (χ0) is 10.5. The highest BCUT2D eigenvalue weighted by molar-refractivity contribution is 5.10. The van der Waals surface area contributed by atoms with Gasteiger partial charge in [0.15, 0.2) is 0 Å². The lowest BCUT2D eigenvalue weighted by Crippen LogP contribution is -2.39. The van der Waals surface area contributed by atoms with Crippen LogP contribution in [0.5, 0.6) is 0 Å². The molecule has 0 amide bonds. The molecule has 2 saturated carbocycles. The molecule has 0 aromatic carbocycles. The van der Waals surface area contributed by atoms with E-state index in [4.69, 9.17) is 0 Å². The van der Waals surface area contributed by atoms with Gasteiger partial charge >= 0.3 is 0 Å². The van der Waals surface area contributed by atoms with Crippen molar-refractivity contribution in [2.75, 3.05) is 19.6 Å². The third-order valence-electron chi connectivity index (χ3n) is 4.65. The summed E-state index contributed by atoms with van der Waals surface area (Å²) in [5.41, 5.74) is 0.694. The van der Waals surface area contributed by atoms with Crippen LogP contribution in [0.2, 0.25) is 0 Å². The second kappa shape index (κ2) is 3.46. The van der Waals surface area contributed by atoms with Gasteiger partial charge in [0.25, 0.3) is 0 Å². The van der Waals surface area contributed by atoms with Gasteiger partial charge in [0.05, 0.1) is 0 Å². The van der Waals surface area contributed by atoms with Crippen molar-refractivity contribution < 1.29 is 0 Å². The van der Waals surface area contributed by atoms with Gasteiger partial charge in [0.1, 0.15) is 0 Å². The fraction of sp³-hybridized carbons (Fsp3) is 1.00. The molecule has 0 bridgehead atoms. The second-order valence-corrected chi connectivity index (χ2v) is 6.29. The average Bonchev–Trinajstić information content (AvgIpc) is 3.04. The molecule has 0 unspecified atom stereocenters. The third kappa shape index (κ3) is 1.94. The Labute approximate surface area is 93.4 Å². The third-order valence-corrected chi connectivity index (χ3v) is 4.65. The molecule has 1 heterocycles. The van der Waals surface area contributed by atoms with E-state index in [0.717, 1.165) is 18.0 Å². The van der Waals surface area contributed by atoms with Gasteiger partial charge in [-0.15, -0.1) is 0 Å². The maximum Gasteiger partial charge on any atom is 0.0263 e. The van der Waals surface area contributed by atoms with Gasteiger partial charge in [-0.2, -0.15) is 0 Å². The molecule has 1 aliphatic heterocycles. The first-order valence-electron chi connectivity index (χ1n) is 6.67. The zero-order valence-corrected chi connectivity index (χ0v) is 10.1. The summed E-state index contributed by atoms with van der Waals surface area (Å²) in [6, 6.07) is 1.54. The molecule has 86 valence electrons. The van der Waals surface area contributed by atoms with E-state index in [2.05, 4.69) is 24.1 Å². The number of nitrogens with one attached hydrogen (secondary N) is 1. The molecule has 3 rings (SSSR count). The maximum atomic E-state index is 3.84. The summed E-state index contributed by atoms with van der Waals surface area (Å²) in [6.07, 6.45) is 5.89. The van der Waals surface area contributed by atoms with Crippen molar-refractivity contribution in [1.29, 1.82) is 0 Å². The van der Waals surface area contributed by atoms with Crippen LogP contribution < -0.4 is 5.32 Å². The van der Waals surface area contributed by atoms with E-state index in [1.165, 1.54) is 45.3 Å². The number of hydrogen-bond acceptors (Lipinski definition) is 2. The minimum Gasteiger partial charge on any atom is -0.312 e. The Morgan fingerprint density at radius 3 is 2.60 bits per heavy atom. The largest absolute Gasteiger partial charge is 0.312 e. The van der Waals surface area contributed by atoms with Crippen LogP contribution in [0.3, 0.4) is 0 Å². The smallest absolute Gasteiger partial charge is 0.0263 e. The second-order valence-electron chi connectivity index (χ2n) is 6.29. The van der Waals surface area contributed by atoms with Crippen molar-refractivity contribution in [3.8, 4) is 0 Å². The molecule has 3 fully saturated rings. The van der Waals surface area contributed by atoms with E-state index in [0.29, 0.717) is 5.41 Å². The SMILES string of the molecule is CC(C)N1C[C@H](NCC2CC2)C2(CC2)C1. The van der Waals surface area contributed by atoms with Crippen LogP contribution in [0.4, 0.5) is 0 Å². The maximum absolute atomic E-state index is 3.84. The van der Waals surface area contributed by atoms with E-state index in [9.17, 15) is 0 Å². The standard InChI is InChI=1S/C13H24N2/c1-10(2)15-8-12(13(9-15)5-6-13)14-7-11-3-4-11/h10-12,14H,3-9H2,1-2H3/t12-/m0/s1. The monoisotopic (exact) mass is 208 g/mol. The molecule has 0 radical (unpaired) electrons. The molecule has 1 N–H and O–H groups in total. The van der Waals surface area contributed by atoms with E-state index >= 15 is 0 Å². The Bertz CT molecular complexity index is 241. The first-order valence-corrected chi connectivity index (χ1v) is 6.67. The van der Waals surface area contributed by atoms with Crippen molar-refractivity contribution >= 4 is 0 Å². The molecule has 2 heteroatoms. The van der Waals surface area contributed by atoms with Gasteiger partial charge in [-0.1, -0.05) is 0 Å². The highest BCUT2D eigenvalue weighted by Crippen LogP contribution is 2.53. The van der Waals surface area contributed by atoms with Crippen LogP contribution in [-0.2, 0) is 0 Å². The molecule has 2 aliphatic carbocycles. The van der Waals surface area contributed by atoms with E-state index < -0.39 is 0 Å². The molecule has 0 aromatic rings. The Morgan fingerprint density at radius 2 is 2.07 bits per heavy atom. The molecule has 0 aromatic heterocycles. The fourth-order valence-electron chi connectivity index (χ4n) is 2.98. The molecule has 1 spiro atoms. The van der Waals surface area contributed by atoms with Crippen molar-refractivity contribution in [2.45, 2.75) is 51.6 Å². The molecule has 3 aliphatic rings. The summed E-state index contributed by atoms with van der Waals surface area (Å²) in [4.78, 5) is 2.66. The average molecular weight is 208 g/mol. The van der Waals surface area contributed by atoms with Crippen LogP contribution in [-0.4, -0.2) is 36.6 Å². The lowest BCUT2D eigenvalue weighted by Gasteiger charge is -2.20. The molecular weight excluding hydrogens is 184 g/mol. The summed E-state index contributed by atoms with van der Waals surface area (Å²) in [5.74, 6) is 1.02. The summed E-state index contributed by atoms with van der Waals surface area (Å²) < 4.78 is 0. The molecule has 1 atom stereocenters. The lowest BCUT2D eigenvalue weighted by atomic mass is 10.0. The summed E-state index contributed by atoms with van der Waals surface area (Å²) >= 11 is 0. The van der Waals surface area contributed by atoms with Gasteiger partial charge in [-0.3, -0.25) is 4.90 Å². The Morgan fingerprint density at radius 1 is 1.33 bits per heavy atom. The topological polar surface area (TPSA) is 15.3 Å². The lowest BCUT2D eigenvalue weighted by molar-refractivity contribution is 0.260. The van der Waals surface area contributed by atoms with Gasteiger partial charge < -0.3 is 5.32 Å². The Kier molecular flexibility index (Phi) is 2.33. The van der Waals surface area contributed by atoms with Crippen LogP contribution in [0, 0.1) is 11.3 Å². The molecule has 1 saturated heterocycles. The highest BCUT2D eigenvalue weighted by atomic mass is 15.2. The van der Waals surface area contributed by atoms with Gasteiger partial charge in [0, 0.05) is 25.2 Å². The number of nitrogens with zero attached hydrogens (tertiary/aromatic N) is 1. The number of hydrogen-bond donors (Lipinski definition) is 1. The van der Waals surface area contributed by atoms with Crippen LogP contribution >= 0.6 is 0 Å². The van der Waals surface area contributed by atoms with Gasteiger partial charge in [-0.05, 0) is 57.4 Å². The Balaban J connectivity index is 1.57. The molecule has 2 nitrogen and oxygen atoms in total. The Hall–Kier alpha value is -0.0800. The number of likely N-dealkylation sites (tertiary alicyclic amines) is 1. The van der Waals surface area contributed by atoms with Crippen molar-refractivity contribution in [1.82, 2.24) is 10.2 Å². The zero-order valence-electron chi connectivity index (χ0n) is 10.1.